The minimum absolute atomic E-state index is 0.0182. The lowest BCUT2D eigenvalue weighted by Gasteiger charge is -2.35. The molecule has 3 aromatic rings. The van der Waals surface area contributed by atoms with Gasteiger partial charge >= 0.3 is 12.1 Å². The van der Waals surface area contributed by atoms with E-state index in [0.717, 1.165) is 5.56 Å². The predicted molar refractivity (Wildman–Crippen MR) is 152 cm³/mol. The molecule has 0 unspecified atom stereocenters. The largest absolute Gasteiger partial charge is 0.494 e. The number of aromatic nitrogens is 1. The Bertz CT molecular complexity index is 1420. The fourth-order valence-corrected chi connectivity index (χ4v) is 4.63. The summed E-state index contributed by atoms with van der Waals surface area (Å²) >= 11 is 0. The molecule has 2 N–H and O–H groups in total. The van der Waals surface area contributed by atoms with E-state index in [9.17, 15) is 24.3 Å². The number of hydrogen-bond donors (Lipinski definition) is 2. The number of aliphatic carboxylic acids is 1. The van der Waals surface area contributed by atoms with Gasteiger partial charge in [-0.25, -0.2) is 9.78 Å². The summed E-state index contributed by atoms with van der Waals surface area (Å²) in [5.41, 5.74) is 1.31. The van der Waals surface area contributed by atoms with Crippen molar-refractivity contribution in [1.29, 1.82) is 0 Å². The Balaban J connectivity index is 1.56. The van der Waals surface area contributed by atoms with Crippen LogP contribution in [0.5, 0.6) is 11.5 Å². The van der Waals surface area contributed by atoms with Crippen LogP contribution in [-0.2, 0) is 20.9 Å². The summed E-state index contributed by atoms with van der Waals surface area (Å²) in [5, 5.41) is 12.6. The Kier molecular flexibility index (Phi) is 10.1. The Morgan fingerprint density at radius 3 is 2.36 bits per heavy atom. The molecule has 0 saturated carbocycles. The van der Waals surface area contributed by atoms with Crippen LogP contribution in [-0.4, -0.2) is 89.7 Å². The third-order valence-electron chi connectivity index (χ3n) is 6.82. The minimum atomic E-state index is -1.12. The molecule has 4 rings (SSSR count). The molecule has 222 valence electrons. The number of nitrogens with zero attached hydrogens (tertiary/aromatic N) is 3. The molecule has 3 amide bonds. The van der Waals surface area contributed by atoms with Crippen LogP contribution in [0.15, 0.2) is 54.6 Å². The van der Waals surface area contributed by atoms with Gasteiger partial charge < -0.3 is 34.4 Å². The summed E-state index contributed by atoms with van der Waals surface area (Å²) in [6.45, 7) is 3.17. The van der Waals surface area contributed by atoms with Crippen LogP contribution in [0.1, 0.15) is 35.8 Å². The first kappa shape index (κ1) is 30.1. The average Bonchev–Trinajstić information content (AvgIpc) is 3.01. The summed E-state index contributed by atoms with van der Waals surface area (Å²) in [6, 6.07) is 15.2. The van der Waals surface area contributed by atoms with Gasteiger partial charge in [-0.15, -0.1) is 0 Å². The number of methoxy groups -OCH3 is 1. The zero-order valence-electron chi connectivity index (χ0n) is 23.6. The lowest BCUT2D eigenvalue weighted by Crippen LogP contribution is -2.56. The molecule has 1 aliphatic rings. The molecule has 2 heterocycles. The molecule has 0 radical (unpaired) electrons. The first-order chi connectivity index (χ1) is 20.3. The van der Waals surface area contributed by atoms with E-state index in [0.29, 0.717) is 22.4 Å². The molecule has 0 aliphatic carbocycles. The number of carboxylic acids is 1. The molecule has 12 heteroatoms. The van der Waals surface area contributed by atoms with Crippen molar-refractivity contribution >= 4 is 34.8 Å². The number of para-hydroxylation sites is 1. The number of pyridine rings is 1. The maximum absolute atomic E-state index is 13.5. The predicted octanol–water partition coefficient (Wildman–Crippen LogP) is 3.09. The van der Waals surface area contributed by atoms with E-state index >= 15 is 0 Å². The van der Waals surface area contributed by atoms with Crippen molar-refractivity contribution in [3.05, 3.63) is 65.9 Å². The number of rotatable bonds is 11. The highest BCUT2D eigenvalue weighted by Crippen LogP contribution is 2.32. The number of benzene rings is 2. The highest BCUT2D eigenvalue weighted by atomic mass is 16.6. The zero-order valence-corrected chi connectivity index (χ0v) is 23.6. The highest BCUT2D eigenvalue weighted by molar-refractivity contribution is 6.00. The number of nitrogens with one attached hydrogen (secondary N) is 1. The first-order valence-electron chi connectivity index (χ1n) is 13.7. The SMILES string of the molecule is CCOC(=O)N1CCN(C(=O)[C@H](CCC(=O)O)NC(=O)c2cc(OCc3ccccc3)c3cccc(OC)c3n2)CC1. The first-order valence-corrected chi connectivity index (χ1v) is 13.7. The van der Waals surface area contributed by atoms with Crippen molar-refractivity contribution in [3.8, 4) is 11.5 Å². The van der Waals surface area contributed by atoms with E-state index in [1.807, 2.05) is 36.4 Å². The maximum Gasteiger partial charge on any atom is 0.409 e. The maximum atomic E-state index is 13.5. The van der Waals surface area contributed by atoms with Crippen molar-refractivity contribution in [1.82, 2.24) is 20.1 Å². The standard InChI is InChI=1S/C30H34N4O8/c1-3-41-30(39)34-16-14-33(15-17-34)29(38)22(12-13-26(35)36)32-28(37)23-18-25(42-19-20-8-5-4-6-9-20)21-10-7-11-24(40-2)27(21)31-23/h4-11,18,22H,3,12-17,19H2,1-2H3,(H,32,37)(H,35,36)/t22-/m0/s1. The number of carbonyl (C=O) groups excluding carboxylic acids is 3. The molecule has 2 aromatic carbocycles. The summed E-state index contributed by atoms with van der Waals surface area (Å²) < 4.78 is 16.6. The molecule has 1 saturated heterocycles. The highest BCUT2D eigenvalue weighted by Gasteiger charge is 2.31. The smallest absolute Gasteiger partial charge is 0.409 e. The van der Waals surface area contributed by atoms with Crippen LogP contribution < -0.4 is 14.8 Å². The van der Waals surface area contributed by atoms with E-state index in [1.165, 1.54) is 23.0 Å². The van der Waals surface area contributed by atoms with Crippen molar-refractivity contribution in [2.75, 3.05) is 39.9 Å². The lowest BCUT2D eigenvalue weighted by atomic mass is 10.1. The summed E-state index contributed by atoms with van der Waals surface area (Å²) in [7, 11) is 1.50. The number of carbonyl (C=O) groups is 4. The van der Waals surface area contributed by atoms with Crippen LogP contribution in [0.25, 0.3) is 10.9 Å². The summed E-state index contributed by atoms with van der Waals surface area (Å²) in [6.07, 6.45) is -0.903. The number of piperazine rings is 1. The van der Waals surface area contributed by atoms with Gasteiger partial charge in [-0.1, -0.05) is 36.4 Å². The second-order valence-electron chi connectivity index (χ2n) is 9.61. The molecular weight excluding hydrogens is 544 g/mol. The minimum Gasteiger partial charge on any atom is -0.494 e. The topological polar surface area (TPSA) is 148 Å². The van der Waals surface area contributed by atoms with Gasteiger partial charge in [-0.3, -0.25) is 14.4 Å². The fraction of sp³-hybridized carbons (Fsp3) is 0.367. The lowest BCUT2D eigenvalue weighted by molar-refractivity contribution is -0.138. The molecule has 42 heavy (non-hydrogen) atoms. The number of carboxylic acid groups (broad SMARTS) is 1. The monoisotopic (exact) mass is 578 g/mol. The van der Waals surface area contributed by atoms with Gasteiger partial charge in [0.15, 0.2) is 0 Å². The third kappa shape index (κ3) is 7.45. The van der Waals surface area contributed by atoms with Gasteiger partial charge in [0.25, 0.3) is 5.91 Å². The number of amides is 3. The Hall–Kier alpha value is -4.87. The third-order valence-corrected chi connectivity index (χ3v) is 6.82. The summed E-state index contributed by atoms with van der Waals surface area (Å²) in [4.78, 5) is 57.9. The molecule has 0 spiro atoms. The van der Waals surface area contributed by atoms with Crippen LogP contribution in [0.2, 0.25) is 0 Å². The zero-order chi connectivity index (χ0) is 30.1. The van der Waals surface area contributed by atoms with Crippen LogP contribution >= 0.6 is 0 Å². The van der Waals surface area contributed by atoms with Gasteiger partial charge in [-0.05, 0) is 31.0 Å². The molecule has 12 nitrogen and oxygen atoms in total. The van der Waals surface area contributed by atoms with Crippen LogP contribution in [0, 0.1) is 0 Å². The molecule has 0 bridgehead atoms. The van der Waals surface area contributed by atoms with Gasteiger partial charge in [-0.2, -0.15) is 0 Å². The second kappa shape index (κ2) is 14.2. The van der Waals surface area contributed by atoms with Crippen molar-refractivity contribution in [2.24, 2.45) is 0 Å². The average molecular weight is 579 g/mol. The normalized spacial score (nSPS) is 13.8. The van der Waals surface area contributed by atoms with E-state index in [-0.39, 0.29) is 57.9 Å². The Morgan fingerprint density at radius 2 is 1.69 bits per heavy atom. The van der Waals surface area contributed by atoms with E-state index < -0.39 is 29.9 Å². The van der Waals surface area contributed by atoms with E-state index in [4.69, 9.17) is 14.2 Å². The molecule has 1 aliphatic heterocycles. The van der Waals surface area contributed by atoms with Crippen molar-refractivity contribution < 1.29 is 38.5 Å². The number of fused-ring (bicyclic) bond motifs is 1. The quantitative estimate of drug-likeness (QED) is 0.350. The Morgan fingerprint density at radius 1 is 0.976 bits per heavy atom. The van der Waals surface area contributed by atoms with E-state index in [1.54, 1.807) is 19.1 Å². The van der Waals surface area contributed by atoms with Gasteiger partial charge in [0.1, 0.15) is 35.4 Å². The number of ether oxygens (including phenoxy) is 3. The van der Waals surface area contributed by atoms with Crippen molar-refractivity contribution in [3.63, 3.8) is 0 Å². The van der Waals surface area contributed by atoms with Gasteiger partial charge in [0.2, 0.25) is 5.91 Å². The van der Waals surface area contributed by atoms with Crippen molar-refractivity contribution in [2.45, 2.75) is 32.4 Å². The van der Waals surface area contributed by atoms with E-state index in [2.05, 4.69) is 10.3 Å². The molecular formula is C30H34N4O8. The van der Waals surface area contributed by atoms with Crippen LogP contribution in [0.3, 0.4) is 0 Å². The number of hydrogen-bond acceptors (Lipinski definition) is 8. The summed E-state index contributed by atoms with van der Waals surface area (Å²) in [5.74, 6) is -1.37. The molecule has 1 atom stereocenters. The van der Waals surface area contributed by atoms with Gasteiger partial charge in [0.05, 0.1) is 13.7 Å². The fourth-order valence-electron chi connectivity index (χ4n) is 4.63. The molecule has 1 fully saturated rings. The Labute approximate surface area is 243 Å². The second-order valence-corrected chi connectivity index (χ2v) is 9.61. The van der Waals surface area contributed by atoms with Crippen LogP contribution in [0.4, 0.5) is 4.79 Å². The van der Waals surface area contributed by atoms with Gasteiger partial charge in [0, 0.05) is 44.1 Å². The molecule has 1 aromatic heterocycles.